The van der Waals surface area contributed by atoms with Gasteiger partial charge in [-0.2, -0.15) is 0 Å². The summed E-state index contributed by atoms with van der Waals surface area (Å²) in [5.41, 5.74) is -0.319. The Bertz CT molecular complexity index is 557. The van der Waals surface area contributed by atoms with Gasteiger partial charge in [0.05, 0.1) is 5.69 Å². The molecule has 0 atom stereocenters. The van der Waals surface area contributed by atoms with Crippen LogP contribution in [0.25, 0.3) is 5.69 Å². The molecule has 0 aliphatic carbocycles. The van der Waals surface area contributed by atoms with Crippen LogP contribution in [0.1, 0.15) is 0 Å². The highest BCUT2D eigenvalue weighted by atomic mass is 19.1. The lowest BCUT2D eigenvalue weighted by Crippen LogP contribution is -2.21. The summed E-state index contributed by atoms with van der Waals surface area (Å²) in [7, 11) is 1.57. The summed E-state index contributed by atoms with van der Waals surface area (Å²) in [6.07, 6.45) is 2.96. The summed E-state index contributed by atoms with van der Waals surface area (Å²) >= 11 is 0. The SMILES string of the molecule is Cn1ccn(-c2cc(O)ccc2F)c1=O. The Kier molecular flexibility index (Phi) is 2.07. The molecule has 2 aromatic rings. The fourth-order valence-electron chi connectivity index (χ4n) is 1.33. The second-order valence-electron chi connectivity index (χ2n) is 3.20. The van der Waals surface area contributed by atoms with Crippen LogP contribution in [0.15, 0.2) is 35.4 Å². The van der Waals surface area contributed by atoms with Gasteiger partial charge < -0.3 is 9.67 Å². The van der Waals surface area contributed by atoms with Crippen LogP contribution in [-0.4, -0.2) is 14.2 Å². The topological polar surface area (TPSA) is 47.2 Å². The summed E-state index contributed by atoms with van der Waals surface area (Å²) in [5, 5.41) is 9.21. The molecule has 0 bridgehead atoms. The van der Waals surface area contributed by atoms with E-state index in [9.17, 15) is 14.3 Å². The number of halogens is 1. The third-order valence-corrected chi connectivity index (χ3v) is 2.14. The van der Waals surface area contributed by atoms with Crippen LogP contribution in [0.2, 0.25) is 0 Å². The first-order valence-electron chi connectivity index (χ1n) is 4.32. The fraction of sp³-hybridized carbons (Fsp3) is 0.100. The van der Waals surface area contributed by atoms with Crippen molar-refractivity contribution in [2.24, 2.45) is 7.05 Å². The van der Waals surface area contributed by atoms with Crippen molar-refractivity contribution in [3.8, 4) is 11.4 Å². The van der Waals surface area contributed by atoms with Crippen molar-refractivity contribution < 1.29 is 9.50 Å². The van der Waals surface area contributed by atoms with Crippen LogP contribution in [0, 0.1) is 5.82 Å². The van der Waals surface area contributed by atoms with Gasteiger partial charge in [-0.3, -0.25) is 4.57 Å². The highest BCUT2D eigenvalue weighted by Crippen LogP contribution is 2.17. The number of aromatic nitrogens is 2. The molecule has 0 saturated carbocycles. The molecule has 15 heavy (non-hydrogen) atoms. The first-order valence-corrected chi connectivity index (χ1v) is 4.32. The minimum Gasteiger partial charge on any atom is -0.508 e. The van der Waals surface area contributed by atoms with Gasteiger partial charge >= 0.3 is 5.69 Å². The lowest BCUT2D eigenvalue weighted by Gasteiger charge is -2.03. The van der Waals surface area contributed by atoms with Gasteiger partial charge in [-0.1, -0.05) is 0 Å². The van der Waals surface area contributed by atoms with Gasteiger partial charge in [0, 0.05) is 25.5 Å². The Labute approximate surface area is 84.8 Å². The molecule has 0 aliphatic rings. The molecule has 0 saturated heterocycles. The summed E-state index contributed by atoms with van der Waals surface area (Å²) in [6.45, 7) is 0. The highest BCUT2D eigenvalue weighted by molar-refractivity contribution is 5.39. The molecule has 2 rings (SSSR count). The molecule has 1 aromatic carbocycles. The van der Waals surface area contributed by atoms with Gasteiger partial charge in [0.25, 0.3) is 0 Å². The predicted molar refractivity (Wildman–Crippen MR) is 52.6 cm³/mol. The summed E-state index contributed by atoms with van der Waals surface area (Å²) in [5.74, 6) is -0.636. The van der Waals surface area contributed by atoms with Crippen LogP contribution in [0.4, 0.5) is 4.39 Å². The number of phenolic OH excluding ortho intramolecular Hbond substituents is 1. The van der Waals surface area contributed by atoms with Crippen molar-refractivity contribution in [2.45, 2.75) is 0 Å². The number of aryl methyl sites for hydroxylation is 1. The minimum absolute atomic E-state index is 0.0422. The Morgan fingerprint density at radius 1 is 1.33 bits per heavy atom. The van der Waals surface area contributed by atoms with Crippen molar-refractivity contribution in [2.75, 3.05) is 0 Å². The second-order valence-corrected chi connectivity index (χ2v) is 3.20. The van der Waals surface area contributed by atoms with Crippen LogP contribution in [-0.2, 0) is 7.05 Å². The number of benzene rings is 1. The van der Waals surface area contributed by atoms with E-state index in [0.29, 0.717) is 0 Å². The quantitative estimate of drug-likeness (QED) is 0.760. The van der Waals surface area contributed by atoms with E-state index in [0.717, 1.165) is 10.6 Å². The average Bonchev–Trinajstić information content (AvgIpc) is 2.52. The molecule has 78 valence electrons. The van der Waals surface area contributed by atoms with E-state index in [2.05, 4.69) is 0 Å². The first-order chi connectivity index (χ1) is 7.09. The molecule has 0 unspecified atom stereocenters. The lowest BCUT2D eigenvalue weighted by molar-refractivity contribution is 0.472. The molecule has 0 fully saturated rings. The van der Waals surface area contributed by atoms with Crippen LogP contribution in [0.5, 0.6) is 5.75 Å². The van der Waals surface area contributed by atoms with Crippen LogP contribution >= 0.6 is 0 Å². The number of phenols is 1. The standard InChI is InChI=1S/C10H9FN2O2/c1-12-4-5-13(10(12)15)9-6-7(14)2-3-8(9)11/h2-6,14H,1H3. The zero-order valence-electron chi connectivity index (χ0n) is 8.01. The molecule has 1 N–H and O–H groups in total. The number of imidazole rings is 1. The normalized spacial score (nSPS) is 10.5. The average molecular weight is 208 g/mol. The molecule has 0 radical (unpaired) electrons. The third kappa shape index (κ3) is 1.52. The Balaban J connectivity index is 2.69. The largest absolute Gasteiger partial charge is 0.508 e. The number of nitrogens with zero attached hydrogens (tertiary/aromatic N) is 2. The van der Waals surface area contributed by atoms with Gasteiger partial charge in [-0.15, -0.1) is 0 Å². The molecular weight excluding hydrogens is 199 g/mol. The Morgan fingerprint density at radius 2 is 2.07 bits per heavy atom. The zero-order chi connectivity index (χ0) is 11.0. The van der Waals surface area contributed by atoms with Crippen LogP contribution in [0.3, 0.4) is 0 Å². The maximum atomic E-state index is 13.4. The van der Waals surface area contributed by atoms with Gasteiger partial charge in [-0.25, -0.2) is 9.18 Å². The van der Waals surface area contributed by atoms with Gasteiger partial charge in [0.15, 0.2) is 0 Å². The Hall–Kier alpha value is -2.04. The number of hydrogen-bond acceptors (Lipinski definition) is 2. The molecule has 4 nitrogen and oxygen atoms in total. The third-order valence-electron chi connectivity index (χ3n) is 2.14. The summed E-state index contributed by atoms with van der Waals surface area (Å²) in [6, 6.07) is 3.55. The zero-order valence-corrected chi connectivity index (χ0v) is 8.01. The van der Waals surface area contributed by atoms with E-state index in [1.807, 2.05) is 0 Å². The highest BCUT2D eigenvalue weighted by Gasteiger charge is 2.08. The van der Waals surface area contributed by atoms with Crippen LogP contribution < -0.4 is 5.69 Å². The predicted octanol–water partition coefficient (Wildman–Crippen LogP) is 1.02. The maximum absolute atomic E-state index is 13.4. The lowest BCUT2D eigenvalue weighted by atomic mass is 10.3. The molecule has 0 aliphatic heterocycles. The van der Waals surface area contributed by atoms with E-state index in [1.54, 1.807) is 7.05 Å². The Morgan fingerprint density at radius 3 is 2.67 bits per heavy atom. The van der Waals surface area contributed by atoms with E-state index in [4.69, 9.17) is 0 Å². The molecular formula is C10H9FN2O2. The minimum atomic E-state index is -0.555. The first kappa shape index (κ1) is 9.51. The molecule has 1 aromatic heterocycles. The van der Waals surface area contributed by atoms with Crippen molar-refractivity contribution in [3.63, 3.8) is 0 Å². The van der Waals surface area contributed by atoms with Gasteiger partial charge in [-0.05, 0) is 12.1 Å². The molecule has 0 spiro atoms. The summed E-state index contributed by atoms with van der Waals surface area (Å²) in [4.78, 5) is 11.5. The van der Waals surface area contributed by atoms with Crippen molar-refractivity contribution in [3.05, 3.63) is 46.9 Å². The smallest absolute Gasteiger partial charge is 0.332 e. The molecule has 0 amide bonds. The van der Waals surface area contributed by atoms with E-state index < -0.39 is 5.82 Å². The van der Waals surface area contributed by atoms with Gasteiger partial charge in [0.1, 0.15) is 11.6 Å². The van der Waals surface area contributed by atoms with Crippen molar-refractivity contribution in [1.82, 2.24) is 9.13 Å². The van der Waals surface area contributed by atoms with Gasteiger partial charge in [0.2, 0.25) is 0 Å². The van der Waals surface area contributed by atoms with E-state index in [-0.39, 0.29) is 17.1 Å². The second kappa shape index (κ2) is 3.27. The number of rotatable bonds is 1. The summed E-state index contributed by atoms with van der Waals surface area (Å²) < 4.78 is 15.8. The number of aromatic hydroxyl groups is 1. The maximum Gasteiger partial charge on any atom is 0.332 e. The molecule has 5 heteroatoms. The number of hydrogen-bond donors (Lipinski definition) is 1. The fourth-order valence-corrected chi connectivity index (χ4v) is 1.33. The monoisotopic (exact) mass is 208 g/mol. The van der Waals surface area contributed by atoms with E-state index in [1.165, 1.54) is 29.1 Å². The van der Waals surface area contributed by atoms with E-state index >= 15 is 0 Å². The molecule has 1 heterocycles. The van der Waals surface area contributed by atoms with Crippen molar-refractivity contribution in [1.29, 1.82) is 0 Å². The van der Waals surface area contributed by atoms with Crippen molar-refractivity contribution >= 4 is 0 Å².